The lowest BCUT2D eigenvalue weighted by Crippen LogP contribution is -2.16. The third-order valence-corrected chi connectivity index (χ3v) is 3.38. The predicted molar refractivity (Wildman–Crippen MR) is 77.1 cm³/mol. The van der Waals surface area contributed by atoms with Crippen molar-refractivity contribution in [1.29, 1.82) is 0 Å². The molecule has 3 heteroatoms. The normalized spacial score (nSPS) is 11.9. The molecule has 1 aromatic carbocycles. The van der Waals surface area contributed by atoms with E-state index in [9.17, 15) is 0 Å². The summed E-state index contributed by atoms with van der Waals surface area (Å²) in [6.07, 6.45) is 0. The molecule has 0 aliphatic heterocycles. The SMILES string of the molecule is Cc1ccc(-c2nn(C)c(C(C)(C)C)c2Cl)cc1. The highest BCUT2D eigenvalue weighted by Crippen LogP contribution is 2.36. The molecular formula is C15H19ClN2. The van der Waals surface area contributed by atoms with Crippen LogP contribution in [0, 0.1) is 6.92 Å². The first-order valence-electron chi connectivity index (χ1n) is 6.10. The number of benzene rings is 1. The van der Waals surface area contributed by atoms with Gasteiger partial charge in [-0.1, -0.05) is 62.2 Å². The lowest BCUT2D eigenvalue weighted by Gasteiger charge is -2.19. The smallest absolute Gasteiger partial charge is 0.111 e. The molecule has 2 rings (SSSR count). The zero-order chi connectivity index (χ0) is 13.5. The highest BCUT2D eigenvalue weighted by molar-refractivity contribution is 6.33. The van der Waals surface area contributed by atoms with Gasteiger partial charge in [-0.2, -0.15) is 5.10 Å². The Hall–Kier alpha value is -1.28. The van der Waals surface area contributed by atoms with Crippen molar-refractivity contribution < 1.29 is 0 Å². The van der Waals surface area contributed by atoms with Gasteiger partial charge in [0.05, 0.1) is 10.7 Å². The van der Waals surface area contributed by atoms with E-state index in [-0.39, 0.29) is 5.41 Å². The van der Waals surface area contributed by atoms with E-state index in [1.165, 1.54) is 5.56 Å². The Kier molecular flexibility index (Phi) is 3.24. The van der Waals surface area contributed by atoms with E-state index in [1.54, 1.807) is 0 Å². The van der Waals surface area contributed by atoms with Crippen molar-refractivity contribution in [3.8, 4) is 11.3 Å². The minimum absolute atomic E-state index is 0.0121. The summed E-state index contributed by atoms with van der Waals surface area (Å²) in [5.74, 6) is 0. The molecule has 1 aromatic heterocycles. The van der Waals surface area contributed by atoms with E-state index in [0.717, 1.165) is 22.0 Å². The second-order valence-electron chi connectivity index (χ2n) is 5.75. The summed E-state index contributed by atoms with van der Waals surface area (Å²) in [6.45, 7) is 8.52. The van der Waals surface area contributed by atoms with Crippen LogP contribution in [0.4, 0.5) is 0 Å². The van der Waals surface area contributed by atoms with Crippen molar-refractivity contribution in [2.75, 3.05) is 0 Å². The van der Waals surface area contributed by atoms with Crippen molar-refractivity contribution in [3.63, 3.8) is 0 Å². The number of halogens is 1. The van der Waals surface area contributed by atoms with Crippen molar-refractivity contribution >= 4 is 11.6 Å². The zero-order valence-corrected chi connectivity index (χ0v) is 12.3. The van der Waals surface area contributed by atoms with Crippen molar-refractivity contribution in [1.82, 2.24) is 9.78 Å². The summed E-state index contributed by atoms with van der Waals surface area (Å²) < 4.78 is 1.89. The molecule has 0 saturated carbocycles. The minimum atomic E-state index is -0.0121. The maximum atomic E-state index is 6.51. The van der Waals surface area contributed by atoms with E-state index in [4.69, 9.17) is 11.6 Å². The van der Waals surface area contributed by atoms with E-state index in [2.05, 4.69) is 57.1 Å². The first-order valence-corrected chi connectivity index (χ1v) is 6.48. The Bertz CT molecular complexity index is 559. The molecule has 96 valence electrons. The number of aromatic nitrogens is 2. The van der Waals surface area contributed by atoms with Gasteiger partial charge >= 0.3 is 0 Å². The number of rotatable bonds is 1. The zero-order valence-electron chi connectivity index (χ0n) is 11.6. The minimum Gasteiger partial charge on any atom is -0.270 e. The van der Waals surface area contributed by atoms with Crippen LogP contribution in [0.1, 0.15) is 32.0 Å². The first kappa shape index (κ1) is 13.2. The fourth-order valence-corrected chi connectivity index (χ4v) is 2.76. The summed E-state index contributed by atoms with van der Waals surface area (Å²) in [7, 11) is 1.95. The number of aryl methyl sites for hydroxylation is 2. The summed E-state index contributed by atoms with van der Waals surface area (Å²) in [5, 5.41) is 5.32. The molecule has 0 aliphatic carbocycles. The molecular weight excluding hydrogens is 244 g/mol. The highest BCUT2D eigenvalue weighted by atomic mass is 35.5. The molecule has 0 amide bonds. The standard InChI is InChI=1S/C15H19ClN2/c1-10-6-8-11(9-7-10)13-12(16)14(15(2,3)4)18(5)17-13/h6-9H,1-5H3. The Morgan fingerprint density at radius 1 is 1.11 bits per heavy atom. The van der Waals surface area contributed by atoms with E-state index in [0.29, 0.717) is 0 Å². The van der Waals surface area contributed by atoms with Gasteiger partial charge in [0.25, 0.3) is 0 Å². The van der Waals surface area contributed by atoms with E-state index >= 15 is 0 Å². The van der Waals surface area contributed by atoms with Crippen LogP contribution in [0.3, 0.4) is 0 Å². The van der Waals surface area contributed by atoms with Crippen LogP contribution in [0.25, 0.3) is 11.3 Å². The molecule has 18 heavy (non-hydrogen) atoms. The summed E-state index contributed by atoms with van der Waals surface area (Å²) in [5.41, 5.74) is 4.23. The second kappa shape index (κ2) is 4.43. The molecule has 1 heterocycles. The quantitative estimate of drug-likeness (QED) is 0.747. The Morgan fingerprint density at radius 2 is 1.67 bits per heavy atom. The first-order chi connectivity index (χ1) is 8.30. The summed E-state index contributed by atoms with van der Waals surface area (Å²) in [6, 6.07) is 8.29. The monoisotopic (exact) mass is 262 g/mol. The van der Waals surface area contributed by atoms with Crippen LogP contribution in [0.15, 0.2) is 24.3 Å². The van der Waals surface area contributed by atoms with E-state index < -0.39 is 0 Å². The van der Waals surface area contributed by atoms with Gasteiger partial charge in [-0.3, -0.25) is 4.68 Å². The van der Waals surface area contributed by atoms with Gasteiger partial charge in [0.1, 0.15) is 5.69 Å². The average molecular weight is 263 g/mol. The van der Waals surface area contributed by atoms with Crippen LogP contribution < -0.4 is 0 Å². The lowest BCUT2D eigenvalue weighted by molar-refractivity contribution is 0.523. The van der Waals surface area contributed by atoms with Gasteiger partial charge in [0.2, 0.25) is 0 Å². The van der Waals surface area contributed by atoms with Crippen LogP contribution in [0.2, 0.25) is 5.02 Å². The van der Waals surface area contributed by atoms with Crippen LogP contribution in [-0.4, -0.2) is 9.78 Å². The summed E-state index contributed by atoms with van der Waals surface area (Å²) in [4.78, 5) is 0. The largest absolute Gasteiger partial charge is 0.270 e. The van der Waals surface area contributed by atoms with Gasteiger partial charge in [0, 0.05) is 18.0 Å². The molecule has 0 aliphatic rings. The predicted octanol–water partition coefficient (Wildman–Crippen LogP) is 4.35. The van der Waals surface area contributed by atoms with Gasteiger partial charge in [-0.15, -0.1) is 0 Å². The molecule has 0 spiro atoms. The maximum absolute atomic E-state index is 6.51. The van der Waals surface area contributed by atoms with Gasteiger partial charge in [0.15, 0.2) is 0 Å². The Labute approximate surface area is 114 Å². The lowest BCUT2D eigenvalue weighted by atomic mass is 9.91. The molecule has 2 aromatic rings. The molecule has 0 radical (unpaired) electrons. The molecule has 0 bridgehead atoms. The van der Waals surface area contributed by atoms with Crippen molar-refractivity contribution in [2.45, 2.75) is 33.1 Å². The molecule has 0 fully saturated rings. The third kappa shape index (κ3) is 2.30. The molecule has 0 saturated heterocycles. The third-order valence-electron chi connectivity index (χ3n) is 3.02. The van der Waals surface area contributed by atoms with Crippen LogP contribution in [-0.2, 0) is 12.5 Å². The molecule has 0 atom stereocenters. The van der Waals surface area contributed by atoms with Crippen molar-refractivity contribution in [2.24, 2.45) is 7.05 Å². The summed E-state index contributed by atoms with van der Waals surface area (Å²) >= 11 is 6.51. The Morgan fingerprint density at radius 3 is 2.11 bits per heavy atom. The number of hydrogen-bond acceptors (Lipinski definition) is 1. The number of nitrogens with zero attached hydrogens (tertiary/aromatic N) is 2. The van der Waals surface area contributed by atoms with Crippen LogP contribution >= 0.6 is 11.6 Å². The average Bonchev–Trinajstić information content (AvgIpc) is 2.54. The fourth-order valence-electron chi connectivity index (χ4n) is 2.21. The van der Waals surface area contributed by atoms with Gasteiger partial charge in [-0.05, 0) is 6.92 Å². The second-order valence-corrected chi connectivity index (χ2v) is 6.13. The van der Waals surface area contributed by atoms with Gasteiger partial charge < -0.3 is 0 Å². The fraction of sp³-hybridized carbons (Fsp3) is 0.400. The van der Waals surface area contributed by atoms with Gasteiger partial charge in [-0.25, -0.2) is 0 Å². The highest BCUT2D eigenvalue weighted by Gasteiger charge is 2.25. The molecule has 0 N–H and O–H groups in total. The van der Waals surface area contributed by atoms with Crippen molar-refractivity contribution in [3.05, 3.63) is 40.5 Å². The topological polar surface area (TPSA) is 17.8 Å². The van der Waals surface area contributed by atoms with Crippen LogP contribution in [0.5, 0.6) is 0 Å². The molecule has 2 nitrogen and oxygen atoms in total. The molecule has 0 unspecified atom stereocenters. The maximum Gasteiger partial charge on any atom is 0.111 e. The number of hydrogen-bond donors (Lipinski definition) is 0. The Balaban J connectivity index is 2.57. The van der Waals surface area contributed by atoms with E-state index in [1.807, 2.05) is 11.7 Å².